The molecule has 0 radical (unpaired) electrons. The van der Waals surface area contributed by atoms with Gasteiger partial charge in [-0.2, -0.15) is 8.42 Å². The van der Waals surface area contributed by atoms with Crippen LogP contribution in [0.15, 0.2) is 5.38 Å². The van der Waals surface area contributed by atoms with Crippen LogP contribution in [0.3, 0.4) is 0 Å². The molecular formula is C19H35N3O5S2Si. The van der Waals surface area contributed by atoms with Crippen LogP contribution in [0.4, 0.5) is 5.13 Å². The predicted molar refractivity (Wildman–Crippen MR) is 123 cm³/mol. The Labute approximate surface area is 186 Å². The minimum absolute atomic E-state index is 0.0875. The summed E-state index contributed by atoms with van der Waals surface area (Å²) in [5.74, 6) is -0.0164. The summed E-state index contributed by atoms with van der Waals surface area (Å²) < 4.78 is 33.7. The molecule has 1 aromatic heterocycles. The first-order chi connectivity index (χ1) is 13.7. The molecule has 2 heterocycles. The summed E-state index contributed by atoms with van der Waals surface area (Å²) in [5, 5.41) is 5.57. The van der Waals surface area contributed by atoms with E-state index >= 15 is 0 Å². The fourth-order valence-corrected chi connectivity index (χ4v) is 5.96. The lowest BCUT2D eigenvalue weighted by atomic mass is 9.81. The molecule has 0 spiro atoms. The first-order valence-corrected chi connectivity index (χ1v) is 15.7. The second kappa shape index (κ2) is 9.64. The van der Waals surface area contributed by atoms with Crippen molar-refractivity contribution in [3.05, 3.63) is 11.1 Å². The van der Waals surface area contributed by atoms with Crippen LogP contribution in [0.5, 0.6) is 0 Å². The largest absolute Gasteiger partial charge is 0.415 e. The van der Waals surface area contributed by atoms with Gasteiger partial charge in [0, 0.05) is 18.5 Å². The normalized spacial score (nSPS) is 17.9. The van der Waals surface area contributed by atoms with Gasteiger partial charge in [0.1, 0.15) is 11.8 Å². The fourth-order valence-electron chi connectivity index (χ4n) is 3.35. The molecule has 1 aliphatic heterocycles. The number of carbonyl (C=O) groups excluding carboxylic acids is 1. The molecule has 1 saturated heterocycles. The van der Waals surface area contributed by atoms with Gasteiger partial charge >= 0.3 is 0 Å². The average molecular weight is 478 g/mol. The van der Waals surface area contributed by atoms with Crippen LogP contribution in [0.2, 0.25) is 13.1 Å². The van der Waals surface area contributed by atoms with E-state index < -0.39 is 19.2 Å². The zero-order valence-corrected chi connectivity index (χ0v) is 21.9. The van der Waals surface area contributed by atoms with Crippen LogP contribution in [-0.2, 0) is 18.7 Å². The van der Waals surface area contributed by atoms with Gasteiger partial charge in [-0.25, -0.2) is 4.98 Å². The molecule has 30 heavy (non-hydrogen) atoms. The molecule has 8 nitrogen and oxygen atoms in total. The Kier molecular flexibility index (Phi) is 8.11. The van der Waals surface area contributed by atoms with Gasteiger partial charge in [-0.15, -0.1) is 11.3 Å². The highest BCUT2D eigenvalue weighted by atomic mass is 32.2. The minimum Gasteiger partial charge on any atom is -0.415 e. The van der Waals surface area contributed by atoms with Crippen molar-refractivity contribution < 1.29 is 21.8 Å². The van der Waals surface area contributed by atoms with E-state index in [0.717, 1.165) is 6.26 Å². The third kappa shape index (κ3) is 7.01. The minimum atomic E-state index is -3.47. The van der Waals surface area contributed by atoms with E-state index in [2.05, 4.69) is 58.0 Å². The van der Waals surface area contributed by atoms with Gasteiger partial charge in [-0.1, -0.05) is 34.6 Å². The number of rotatable bonds is 9. The van der Waals surface area contributed by atoms with Crippen LogP contribution < -0.4 is 10.2 Å². The van der Waals surface area contributed by atoms with Crippen LogP contribution >= 0.6 is 11.3 Å². The molecule has 11 heteroatoms. The zero-order valence-electron chi connectivity index (χ0n) is 19.1. The maximum Gasteiger partial charge on any atom is 0.271 e. The second-order valence-electron chi connectivity index (χ2n) is 9.56. The number of nitrogens with one attached hydrogen (secondary N) is 1. The lowest BCUT2D eigenvalue weighted by Crippen LogP contribution is -2.54. The first-order valence-electron chi connectivity index (χ1n) is 10.2. The number of aromatic nitrogens is 1. The summed E-state index contributed by atoms with van der Waals surface area (Å²) in [5.41, 5.74) is 0.251. The predicted octanol–water partition coefficient (Wildman–Crippen LogP) is 2.48. The molecule has 1 unspecified atom stereocenters. The van der Waals surface area contributed by atoms with Crippen LogP contribution in [0.25, 0.3) is 0 Å². The molecule has 0 saturated carbocycles. The maximum absolute atomic E-state index is 12.9. The summed E-state index contributed by atoms with van der Waals surface area (Å²) in [6.07, 6.45) is 0.593. The van der Waals surface area contributed by atoms with E-state index in [0.29, 0.717) is 23.9 Å². The molecule has 1 fully saturated rings. The topological polar surface area (TPSA) is 97.8 Å². The van der Waals surface area contributed by atoms with E-state index in [1.165, 1.54) is 11.3 Å². The molecule has 1 aromatic rings. The number of hydrogen-bond donors (Lipinski definition) is 1. The summed E-state index contributed by atoms with van der Waals surface area (Å²) in [4.78, 5) is 19.3. The third-order valence-electron chi connectivity index (χ3n) is 4.77. The Morgan fingerprint density at radius 2 is 1.93 bits per heavy atom. The summed E-state index contributed by atoms with van der Waals surface area (Å²) >= 11 is 1.37. The van der Waals surface area contributed by atoms with Gasteiger partial charge in [-0.3, -0.25) is 8.98 Å². The van der Waals surface area contributed by atoms with Crippen molar-refractivity contribution in [1.82, 2.24) is 10.3 Å². The van der Waals surface area contributed by atoms with E-state index in [-0.39, 0.29) is 35.5 Å². The van der Waals surface area contributed by atoms with Crippen molar-refractivity contribution in [2.45, 2.75) is 66.0 Å². The molecule has 2 atom stereocenters. The second-order valence-corrected chi connectivity index (χ2v) is 14.4. The van der Waals surface area contributed by atoms with Crippen molar-refractivity contribution in [2.75, 3.05) is 24.2 Å². The Hall–Kier alpha value is -1.01. The van der Waals surface area contributed by atoms with Crippen molar-refractivity contribution in [2.24, 2.45) is 11.3 Å². The average Bonchev–Trinajstić information content (AvgIpc) is 3.00. The number of nitrogens with zero attached hydrogens (tertiary/aromatic N) is 2. The Morgan fingerprint density at radius 1 is 1.33 bits per heavy atom. The molecule has 0 aliphatic carbocycles. The van der Waals surface area contributed by atoms with E-state index in [9.17, 15) is 13.2 Å². The smallest absolute Gasteiger partial charge is 0.271 e. The quantitative estimate of drug-likeness (QED) is 0.431. The van der Waals surface area contributed by atoms with Gasteiger partial charge in [0.15, 0.2) is 14.2 Å². The van der Waals surface area contributed by atoms with Crippen LogP contribution in [0, 0.1) is 11.3 Å². The Balaban J connectivity index is 2.05. The summed E-state index contributed by atoms with van der Waals surface area (Å²) in [7, 11) is -4.76. The van der Waals surface area contributed by atoms with E-state index in [1.807, 2.05) is 4.90 Å². The standard InChI is InChI=1S/C19H35N3O5S2Si/c1-12(2)15(16(19(3,4)5)27-30(7)8)21-17(23)14-11-28-18(20-14)22-9-13(10-22)26-29(6,24)25/h11-13,15-16,30H,9-10H2,1-8H3,(H,21,23)/t15-,16?/m0/s1. The number of anilines is 1. The molecule has 172 valence electrons. The number of thiazole rings is 1. The van der Waals surface area contributed by atoms with E-state index in [4.69, 9.17) is 8.61 Å². The highest BCUT2D eigenvalue weighted by molar-refractivity contribution is 7.86. The monoisotopic (exact) mass is 477 g/mol. The highest BCUT2D eigenvalue weighted by Gasteiger charge is 2.37. The Bertz CT molecular complexity index is 829. The van der Waals surface area contributed by atoms with Gasteiger partial charge in [0.05, 0.1) is 18.4 Å². The van der Waals surface area contributed by atoms with Gasteiger partial charge in [-0.05, 0) is 24.4 Å². The van der Waals surface area contributed by atoms with Gasteiger partial charge in [0.2, 0.25) is 0 Å². The lowest BCUT2D eigenvalue weighted by Gasteiger charge is -2.40. The van der Waals surface area contributed by atoms with E-state index in [1.54, 1.807) is 5.38 Å². The number of amides is 1. The summed E-state index contributed by atoms with van der Waals surface area (Å²) in [6, 6.07) is -0.130. The molecular weight excluding hydrogens is 442 g/mol. The van der Waals surface area contributed by atoms with Crippen molar-refractivity contribution in [1.29, 1.82) is 0 Å². The highest BCUT2D eigenvalue weighted by Crippen LogP contribution is 2.30. The van der Waals surface area contributed by atoms with Gasteiger partial charge in [0.25, 0.3) is 16.0 Å². The van der Waals surface area contributed by atoms with Crippen LogP contribution in [0.1, 0.15) is 45.1 Å². The number of carbonyl (C=O) groups is 1. The first kappa shape index (κ1) is 25.2. The molecule has 1 amide bonds. The van der Waals surface area contributed by atoms with Crippen molar-refractivity contribution in [3.8, 4) is 0 Å². The molecule has 1 N–H and O–H groups in total. The molecule has 0 aromatic carbocycles. The Morgan fingerprint density at radius 3 is 2.40 bits per heavy atom. The summed E-state index contributed by atoms with van der Waals surface area (Å²) in [6.45, 7) is 15.7. The molecule has 2 rings (SSSR count). The third-order valence-corrected chi connectivity index (χ3v) is 7.13. The SMILES string of the molecule is CC(C)[C@H](NC(=O)c1csc(N2CC(OS(C)(=O)=O)C2)n1)C(O[SiH](C)C)C(C)(C)C. The fraction of sp³-hybridized carbons (Fsp3) is 0.789. The maximum atomic E-state index is 12.9. The molecule has 1 aliphatic rings. The lowest BCUT2D eigenvalue weighted by molar-refractivity contribution is 0.0326. The molecule has 0 bridgehead atoms. The zero-order chi connectivity index (χ0) is 22.9. The number of hydrogen-bond acceptors (Lipinski definition) is 8. The van der Waals surface area contributed by atoms with Crippen LogP contribution in [-0.4, -0.2) is 65.9 Å². The van der Waals surface area contributed by atoms with Crippen molar-refractivity contribution in [3.63, 3.8) is 0 Å². The van der Waals surface area contributed by atoms with Gasteiger partial charge < -0.3 is 14.6 Å². The van der Waals surface area contributed by atoms with Crippen molar-refractivity contribution >= 4 is 41.5 Å².